The highest BCUT2D eigenvalue weighted by Gasteiger charge is 2.09. The van der Waals surface area contributed by atoms with Crippen LogP contribution in [0.3, 0.4) is 0 Å². The molecule has 2 amide bonds. The van der Waals surface area contributed by atoms with E-state index in [9.17, 15) is 9.59 Å². The van der Waals surface area contributed by atoms with Crippen LogP contribution in [0.4, 0.5) is 0 Å². The molecule has 20 heavy (non-hydrogen) atoms. The fourth-order valence-corrected chi connectivity index (χ4v) is 1.41. The molecule has 0 atom stereocenters. The van der Waals surface area contributed by atoms with E-state index in [4.69, 9.17) is 0 Å². The molecule has 0 aliphatic heterocycles. The number of carbonyl (C=O) groups is 2. The van der Waals surface area contributed by atoms with E-state index in [0.29, 0.717) is 11.4 Å². The van der Waals surface area contributed by atoms with Gasteiger partial charge in [-0.15, -0.1) is 10.2 Å². The van der Waals surface area contributed by atoms with E-state index < -0.39 is 0 Å². The number of aromatic nitrogens is 4. The van der Waals surface area contributed by atoms with Crippen LogP contribution >= 0.6 is 0 Å². The summed E-state index contributed by atoms with van der Waals surface area (Å²) in [7, 11) is 3.26. The minimum absolute atomic E-state index is 0.0426. The molecule has 0 aromatic carbocycles. The summed E-state index contributed by atoms with van der Waals surface area (Å²) in [6, 6.07) is 3.30. The maximum atomic E-state index is 11.8. The molecule has 104 valence electrons. The number of hydrogen-bond donors (Lipinski definition) is 1. The van der Waals surface area contributed by atoms with Crippen molar-refractivity contribution in [1.29, 1.82) is 0 Å². The number of likely N-dealkylation sites (N-methyl/N-ethyl adjacent to an activating group) is 1. The highest BCUT2D eigenvalue weighted by molar-refractivity contribution is 5.96. The van der Waals surface area contributed by atoms with Crippen LogP contribution in [0.15, 0.2) is 31.0 Å². The first-order chi connectivity index (χ1) is 9.58. The highest BCUT2D eigenvalue weighted by atomic mass is 16.2. The van der Waals surface area contributed by atoms with Crippen LogP contribution in [-0.4, -0.2) is 57.1 Å². The third-order valence-electron chi connectivity index (χ3n) is 2.59. The molecule has 0 fully saturated rings. The average molecular weight is 274 g/mol. The Labute approximate surface area is 115 Å². The number of rotatable bonds is 4. The molecule has 2 aromatic heterocycles. The van der Waals surface area contributed by atoms with Crippen molar-refractivity contribution in [2.45, 2.75) is 0 Å². The van der Waals surface area contributed by atoms with Gasteiger partial charge in [0.05, 0.1) is 12.1 Å². The van der Waals surface area contributed by atoms with Crippen molar-refractivity contribution in [2.75, 3.05) is 20.6 Å². The van der Waals surface area contributed by atoms with Gasteiger partial charge in [-0.05, 0) is 12.1 Å². The van der Waals surface area contributed by atoms with Gasteiger partial charge in [0, 0.05) is 20.3 Å². The number of pyridine rings is 1. The third kappa shape index (κ3) is 3.16. The van der Waals surface area contributed by atoms with Crippen LogP contribution in [0.2, 0.25) is 0 Å². The van der Waals surface area contributed by atoms with Crippen molar-refractivity contribution < 1.29 is 9.59 Å². The molecule has 0 saturated heterocycles. The molecule has 0 aliphatic rings. The lowest BCUT2D eigenvalue weighted by Crippen LogP contribution is -2.36. The summed E-state index contributed by atoms with van der Waals surface area (Å²) in [6.45, 7) is -0.0426. The first-order valence-corrected chi connectivity index (χ1v) is 5.87. The van der Waals surface area contributed by atoms with Gasteiger partial charge < -0.3 is 10.2 Å². The summed E-state index contributed by atoms with van der Waals surface area (Å²) in [5.41, 5.74) is 0.383. The van der Waals surface area contributed by atoms with Crippen molar-refractivity contribution in [3.05, 3.63) is 36.5 Å². The van der Waals surface area contributed by atoms with Gasteiger partial charge in [0.2, 0.25) is 5.91 Å². The molecule has 8 nitrogen and oxygen atoms in total. The van der Waals surface area contributed by atoms with Crippen LogP contribution in [0.1, 0.15) is 10.4 Å². The molecular formula is C12H14N6O2. The Kier molecular flexibility index (Phi) is 4.04. The van der Waals surface area contributed by atoms with E-state index in [1.165, 1.54) is 23.8 Å². The molecule has 2 rings (SSSR count). The number of carbonyl (C=O) groups excluding carboxylic acids is 2. The zero-order chi connectivity index (χ0) is 14.5. The number of nitrogens with zero attached hydrogens (tertiary/aromatic N) is 5. The Morgan fingerprint density at radius 3 is 2.50 bits per heavy atom. The van der Waals surface area contributed by atoms with Gasteiger partial charge in [-0.1, -0.05) is 0 Å². The van der Waals surface area contributed by atoms with Gasteiger partial charge in [-0.3, -0.25) is 14.2 Å². The maximum Gasteiger partial charge on any atom is 0.253 e. The molecule has 0 unspecified atom stereocenters. The average Bonchev–Trinajstić information content (AvgIpc) is 2.98. The fraction of sp³-hybridized carbons (Fsp3) is 0.250. The molecule has 0 bridgehead atoms. The second-order valence-corrected chi connectivity index (χ2v) is 4.25. The smallest absolute Gasteiger partial charge is 0.253 e. The minimum atomic E-state index is -0.344. The topological polar surface area (TPSA) is 93.0 Å². The molecule has 8 heteroatoms. The summed E-state index contributed by atoms with van der Waals surface area (Å²) in [5, 5.41) is 9.88. The monoisotopic (exact) mass is 274 g/mol. The van der Waals surface area contributed by atoms with E-state index >= 15 is 0 Å². The van der Waals surface area contributed by atoms with Crippen LogP contribution in [0.5, 0.6) is 0 Å². The third-order valence-corrected chi connectivity index (χ3v) is 2.59. The number of nitrogens with one attached hydrogen (secondary N) is 1. The van der Waals surface area contributed by atoms with Gasteiger partial charge in [0.1, 0.15) is 18.5 Å². The van der Waals surface area contributed by atoms with E-state index in [1.54, 1.807) is 30.8 Å². The van der Waals surface area contributed by atoms with Gasteiger partial charge in [0.25, 0.3) is 5.91 Å². The van der Waals surface area contributed by atoms with Crippen molar-refractivity contribution in [1.82, 2.24) is 30.0 Å². The Hall–Kier alpha value is -2.77. The molecule has 0 radical (unpaired) electrons. The van der Waals surface area contributed by atoms with Crippen LogP contribution < -0.4 is 5.32 Å². The fourth-order valence-electron chi connectivity index (χ4n) is 1.41. The van der Waals surface area contributed by atoms with Gasteiger partial charge in [0.15, 0.2) is 0 Å². The summed E-state index contributed by atoms with van der Waals surface area (Å²) in [4.78, 5) is 28.7. The molecule has 2 heterocycles. The number of hydrogen-bond acceptors (Lipinski definition) is 5. The highest BCUT2D eigenvalue weighted by Crippen LogP contribution is 2.04. The molecular weight excluding hydrogens is 260 g/mol. The van der Waals surface area contributed by atoms with E-state index in [0.717, 1.165) is 0 Å². The lowest BCUT2D eigenvalue weighted by atomic mass is 10.2. The second-order valence-electron chi connectivity index (χ2n) is 4.25. The Morgan fingerprint density at radius 2 is 1.95 bits per heavy atom. The van der Waals surface area contributed by atoms with Crippen LogP contribution in [0, 0.1) is 0 Å². The quantitative estimate of drug-likeness (QED) is 0.809. The van der Waals surface area contributed by atoms with E-state index in [1.807, 2.05) is 0 Å². The Morgan fingerprint density at radius 1 is 1.25 bits per heavy atom. The SMILES string of the molecule is CN(C)C(=O)CNC(=O)c1ccc(-n2cnnc2)nc1. The van der Waals surface area contributed by atoms with E-state index in [2.05, 4.69) is 20.5 Å². The predicted octanol–water partition coefficient (Wildman–Crippen LogP) is -0.520. The van der Waals surface area contributed by atoms with Gasteiger partial charge >= 0.3 is 0 Å². The van der Waals surface area contributed by atoms with Gasteiger partial charge in [-0.2, -0.15) is 0 Å². The standard InChI is InChI=1S/C12H14N6O2/c1-17(2)11(19)6-14-12(20)9-3-4-10(13-5-9)18-7-15-16-8-18/h3-5,7-8H,6H2,1-2H3,(H,14,20). The summed E-state index contributed by atoms with van der Waals surface area (Å²) < 4.78 is 1.62. The largest absolute Gasteiger partial charge is 0.347 e. The Bertz CT molecular complexity index is 591. The number of amides is 2. The normalized spacial score (nSPS) is 10.1. The lowest BCUT2D eigenvalue weighted by molar-refractivity contribution is -0.127. The molecule has 1 N–H and O–H groups in total. The lowest BCUT2D eigenvalue weighted by Gasteiger charge is -2.10. The van der Waals surface area contributed by atoms with Crippen molar-refractivity contribution in [2.24, 2.45) is 0 Å². The predicted molar refractivity (Wildman–Crippen MR) is 70.2 cm³/mol. The van der Waals surface area contributed by atoms with Crippen LogP contribution in [-0.2, 0) is 4.79 Å². The van der Waals surface area contributed by atoms with Gasteiger partial charge in [-0.25, -0.2) is 4.98 Å². The van der Waals surface area contributed by atoms with Crippen molar-refractivity contribution >= 4 is 11.8 Å². The minimum Gasteiger partial charge on any atom is -0.347 e. The van der Waals surface area contributed by atoms with Crippen molar-refractivity contribution in [3.63, 3.8) is 0 Å². The second kappa shape index (κ2) is 5.91. The zero-order valence-corrected chi connectivity index (χ0v) is 11.1. The molecule has 0 saturated carbocycles. The molecule has 2 aromatic rings. The summed E-state index contributed by atoms with van der Waals surface area (Å²) in [5.74, 6) is 0.0892. The van der Waals surface area contributed by atoms with E-state index in [-0.39, 0.29) is 18.4 Å². The summed E-state index contributed by atoms with van der Waals surface area (Å²) in [6.07, 6.45) is 4.46. The first-order valence-electron chi connectivity index (χ1n) is 5.87. The Balaban J connectivity index is 1.99. The zero-order valence-electron chi connectivity index (χ0n) is 11.1. The maximum absolute atomic E-state index is 11.8. The van der Waals surface area contributed by atoms with Crippen LogP contribution in [0.25, 0.3) is 5.82 Å². The first kappa shape index (κ1) is 13.7. The van der Waals surface area contributed by atoms with Crippen molar-refractivity contribution in [3.8, 4) is 5.82 Å². The molecule has 0 spiro atoms. The molecule has 0 aliphatic carbocycles. The summed E-state index contributed by atoms with van der Waals surface area (Å²) >= 11 is 0.